The van der Waals surface area contributed by atoms with E-state index in [0.29, 0.717) is 21.2 Å². The molecule has 0 spiro atoms. The molecule has 1 aliphatic rings. The fraction of sp³-hybridized carbons (Fsp3) is 0.600. The molecule has 0 saturated carbocycles. The van der Waals surface area contributed by atoms with Crippen molar-refractivity contribution in [1.82, 2.24) is 0 Å². The summed E-state index contributed by atoms with van der Waals surface area (Å²) in [6, 6.07) is 0. The second-order valence-corrected chi connectivity index (χ2v) is 5.94. The van der Waals surface area contributed by atoms with Gasteiger partial charge in [0.1, 0.15) is 0 Å². The average molecular weight is 263 g/mol. The first kappa shape index (κ1) is 9.30. The summed E-state index contributed by atoms with van der Waals surface area (Å²) in [4.78, 5) is 2.38. The van der Waals surface area contributed by atoms with E-state index in [2.05, 4.69) is 43.1 Å². The normalized spacial score (nSPS) is 30.2. The van der Waals surface area contributed by atoms with Crippen molar-refractivity contribution in [2.45, 2.75) is 17.8 Å². The van der Waals surface area contributed by atoms with Gasteiger partial charge in [0.15, 0.2) is 0 Å². The SMILES string of the molecule is C[I-]C1C=CC=CC1C(C)C. The number of alkyl halides is 2. The first-order chi connectivity index (χ1) is 5.25. The van der Waals surface area contributed by atoms with Crippen LogP contribution >= 0.6 is 0 Å². The van der Waals surface area contributed by atoms with Gasteiger partial charge in [-0.3, -0.25) is 0 Å². The van der Waals surface area contributed by atoms with Crippen molar-refractivity contribution in [2.24, 2.45) is 11.8 Å². The summed E-state index contributed by atoms with van der Waals surface area (Å²) in [7, 11) is 0. The first-order valence-corrected chi connectivity index (χ1v) is 7.49. The molecule has 0 N–H and O–H groups in total. The Morgan fingerprint density at radius 1 is 1.18 bits per heavy atom. The van der Waals surface area contributed by atoms with E-state index in [1.54, 1.807) is 0 Å². The minimum atomic E-state index is 0.374. The second-order valence-electron chi connectivity index (χ2n) is 3.25. The summed E-state index contributed by atoms with van der Waals surface area (Å²) in [5, 5.41) is 0. The molecule has 0 saturated heterocycles. The van der Waals surface area contributed by atoms with Gasteiger partial charge >= 0.3 is 80.0 Å². The Hall–Kier alpha value is 0.210. The van der Waals surface area contributed by atoms with E-state index in [1.165, 1.54) is 0 Å². The predicted octanol–water partition coefficient (Wildman–Crippen LogP) is -0.528. The van der Waals surface area contributed by atoms with Gasteiger partial charge in [-0.15, -0.1) is 0 Å². The third-order valence-electron chi connectivity index (χ3n) is 2.13. The van der Waals surface area contributed by atoms with Crippen molar-refractivity contribution in [3.05, 3.63) is 24.3 Å². The van der Waals surface area contributed by atoms with E-state index < -0.39 is 0 Å². The fourth-order valence-electron chi connectivity index (χ4n) is 1.41. The van der Waals surface area contributed by atoms with Crippen molar-refractivity contribution >= 4 is 0 Å². The molecule has 1 rings (SSSR count). The van der Waals surface area contributed by atoms with E-state index in [-0.39, 0.29) is 0 Å². The zero-order valence-corrected chi connectivity index (χ0v) is 9.58. The predicted molar refractivity (Wildman–Crippen MR) is 46.3 cm³/mol. The van der Waals surface area contributed by atoms with Crippen LogP contribution in [0.3, 0.4) is 0 Å². The van der Waals surface area contributed by atoms with Crippen LogP contribution in [0.5, 0.6) is 0 Å². The standard InChI is InChI=1S/C10H16I/c1-8(2)9-6-4-5-7-10(9)11-3/h4-10H,1-3H3/q-1. The number of hydrogen-bond donors (Lipinski definition) is 0. The number of hydrogen-bond acceptors (Lipinski definition) is 0. The van der Waals surface area contributed by atoms with E-state index in [9.17, 15) is 0 Å². The maximum atomic E-state index is 2.39. The third kappa shape index (κ3) is 2.32. The van der Waals surface area contributed by atoms with Gasteiger partial charge in [-0.25, -0.2) is 0 Å². The monoisotopic (exact) mass is 263 g/mol. The van der Waals surface area contributed by atoms with E-state index in [1.807, 2.05) is 0 Å². The van der Waals surface area contributed by atoms with E-state index >= 15 is 0 Å². The number of rotatable bonds is 2. The van der Waals surface area contributed by atoms with Crippen molar-refractivity contribution in [1.29, 1.82) is 0 Å². The molecule has 0 heterocycles. The molecule has 0 aliphatic heterocycles. The van der Waals surface area contributed by atoms with Crippen molar-refractivity contribution in [3.63, 3.8) is 0 Å². The Bertz CT molecular complexity index is 168. The fourth-order valence-corrected chi connectivity index (χ4v) is 3.96. The van der Waals surface area contributed by atoms with Crippen molar-refractivity contribution < 1.29 is 21.2 Å². The van der Waals surface area contributed by atoms with Crippen LogP contribution in [0.2, 0.25) is 0 Å². The molecule has 0 aromatic carbocycles. The number of halogens is 1. The average Bonchev–Trinajstić information content (AvgIpc) is 2.04. The molecule has 1 aliphatic carbocycles. The quantitative estimate of drug-likeness (QED) is 0.464. The molecule has 0 fully saturated rings. The van der Waals surface area contributed by atoms with Crippen LogP contribution in [0.25, 0.3) is 0 Å². The molecular weight excluding hydrogens is 247 g/mol. The summed E-state index contributed by atoms with van der Waals surface area (Å²) in [6.45, 7) is 4.64. The van der Waals surface area contributed by atoms with Gasteiger partial charge < -0.3 is 0 Å². The van der Waals surface area contributed by atoms with Crippen LogP contribution in [0.15, 0.2) is 24.3 Å². The summed E-state index contributed by atoms with van der Waals surface area (Å²) >= 11 is 0.374. The second kappa shape index (κ2) is 4.29. The van der Waals surface area contributed by atoms with Crippen molar-refractivity contribution in [3.8, 4) is 0 Å². The topological polar surface area (TPSA) is 0 Å². The van der Waals surface area contributed by atoms with Crippen LogP contribution in [-0.4, -0.2) is 8.86 Å². The Labute approximate surface area is 80.0 Å². The molecule has 2 atom stereocenters. The molecule has 0 radical (unpaired) electrons. The molecule has 0 amide bonds. The Morgan fingerprint density at radius 2 is 1.82 bits per heavy atom. The minimum absolute atomic E-state index is 0.374. The molecule has 0 bridgehead atoms. The molecule has 0 nitrogen and oxygen atoms in total. The Balaban J connectivity index is 2.63. The van der Waals surface area contributed by atoms with Gasteiger partial charge in [0.25, 0.3) is 0 Å². The van der Waals surface area contributed by atoms with E-state index in [0.717, 1.165) is 15.8 Å². The van der Waals surface area contributed by atoms with Gasteiger partial charge in [0.05, 0.1) is 0 Å². The number of allylic oxidation sites excluding steroid dienone is 4. The molecule has 64 valence electrons. The van der Waals surface area contributed by atoms with Gasteiger partial charge in [-0.2, -0.15) is 0 Å². The van der Waals surface area contributed by atoms with Gasteiger partial charge in [-0.1, -0.05) is 0 Å². The Kier molecular flexibility index (Phi) is 3.63. The van der Waals surface area contributed by atoms with Crippen LogP contribution in [-0.2, 0) is 0 Å². The third-order valence-corrected chi connectivity index (χ3v) is 4.81. The van der Waals surface area contributed by atoms with E-state index in [4.69, 9.17) is 0 Å². The van der Waals surface area contributed by atoms with Crippen molar-refractivity contribution in [2.75, 3.05) is 4.93 Å². The van der Waals surface area contributed by atoms with Gasteiger partial charge in [-0.05, 0) is 0 Å². The Morgan fingerprint density at radius 3 is 2.27 bits per heavy atom. The zero-order chi connectivity index (χ0) is 8.27. The summed E-state index contributed by atoms with van der Waals surface area (Å²) in [5.74, 6) is 1.62. The van der Waals surface area contributed by atoms with Crippen LogP contribution < -0.4 is 21.2 Å². The molecule has 1 heteroatoms. The molecule has 2 unspecified atom stereocenters. The van der Waals surface area contributed by atoms with Crippen LogP contribution in [0.1, 0.15) is 13.8 Å². The molecule has 0 aromatic rings. The van der Waals surface area contributed by atoms with Crippen LogP contribution in [0.4, 0.5) is 0 Å². The summed E-state index contributed by atoms with van der Waals surface area (Å²) in [6.07, 6.45) is 9.16. The molecule has 0 aromatic heterocycles. The van der Waals surface area contributed by atoms with Gasteiger partial charge in [0.2, 0.25) is 0 Å². The first-order valence-electron chi connectivity index (χ1n) is 4.08. The zero-order valence-electron chi connectivity index (χ0n) is 7.42. The summed E-state index contributed by atoms with van der Waals surface area (Å²) in [5.41, 5.74) is 0. The molecular formula is C10H16I-. The van der Waals surface area contributed by atoms with Crippen LogP contribution in [0, 0.1) is 11.8 Å². The van der Waals surface area contributed by atoms with Gasteiger partial charge in [0, 0.05) is 0 Å². The maximum absolute atomic E-state index is 2.39. The summed E-state index contributed by atoms with van der Waals surface area (Å²) < 4.78 is 0.888. The molecule has 11 heavy (non-hydrogen) atoms.